The number of aryl methyl sites for hydroxylation is 2. The third-order valence-corrected chi connectivity index (χ3v) is 4.01. The first-order valence-electron chi connectivity index (χ1n) is 7.15. The lowest BCUT2D eigenvalue weighted by molar-refractivity contribution is 0.112. The number of rotatable bonds is 3. The van der Waals surface area contributed by atoms with Crippen molar-refractivity contribution in [3.8, 4) is 0 Å². The lowest BCUT2D eigenvalue weighted by Crippen LogP contribution is -1.94. The minimum atomic E-state index is 0.800. The molecule has 0 fully saturated rings. The van der Waals surface area contributed by atoms with E-state index < -0.39 is 0 Å². The summed E-state index contributed by atoms with van der Waals surface area (Å²) in [4.78, 5) is 11.4. The van der Waals surface area contributed by atoms with Gasteiger partial charge in [0.1, 0.15) is 0 Å². The number of hydrogen-bond donors (Lipinski definition) is 0. The van der Waals surface area contributed by atoms with Crippen LogP contribution in [0.2, 0.25) is 0 Å². The van der Waals surface area contributed by atoms with Crippen molar-refractivity contribution < 1.29 is 4.79 Å². The first kappa shape index (κ1) is 12.9. The third-order valence-electron chi connectivity index (χ3n) is 4.01. The second-order valence-electron chi connectivity index (χ2n) is 5.34. The molecular weight excluding hydrogens is 244 g/mol. The highest BCUT2D eigenvalue weighted by Crippen LogP contribution is 2.32. The van der Waals surface area contributed by atoms with Crippen molar-refractivity contribution in [1.29, 1.82) is 0 Å². The highest BCUT2D eigenvalue weighted by molar-refractivity contribution is 6.09. The summed E-state index contributed by atoms with van der Waals surface area (Å²) in [5.41, 5.74) is 3.40. The predicted molar refractivity (Wildman–Crippen MR) is 85.6 cm³/mol. The normalized spacial score (nSPS) is 11.1. The molecule has 0 saturated carbocycles. The van der Waals surface area contributed by atoms with Gasteiger partial charge in [-0.05, 0) is 52.1 Å². The van der Waals surface area contributed by atoms with Gasteiger partial charge >= 0.3 is 0 Å². The monoisotopic (exact) mass is 262 g/mol. The average Bonchev–Trinajstić information content (AvgIpc) is 2.47. The summed E-state index contributed by atoms with van der Waals surface area (Å²) in [6, 6.07) is 14.6. The molecule has 100 valence electrons. The average molecular weight is 262 g/mol. The Bertz CT molecular complexity index is 800. The van der Waals surface area contributed by atoms with Crippen molar-refractivity contribution in [2.75, 3.05) is 0 Å². The molecule has 3 rings (SSSR count). The van der Waals surface area contributed by atoms with Gasteiger partial charge in [0.05, 0.1) is 0 Å². The standard InChI is InChI=1S/C19H18O/c1-3-6-17-16-10-4-7-13(2)18(16)11-14-8-5-9-15(12-20)19(14)17/h4-5,7-12H,3,6H2,1-2H3. The number of fused-ring (bicyclic) bond motifs is 2. The van der Waals surface area contributed by atoms with Crippen LogP contribution in [0.4, 0.5) is 0 Å². The second-order valence-corrected chi connectivity index (χ2v) is 5.34. The summed E-state index contributed by atoms with van der Waals surface area (Å²) in [7, 11) is 0. The molecule has 0 bridgehead atoms. The van der Waals surface area contributed by atoms with Crippen molar-refractivity contribution >= 4 is 27.8 Å². The maximum absolute atomic E-state index is 11.4. The Kier molecular flexibility index (Phi) is 3.27. The molecule has 0 unspecified atom stereocenters. The van der Waals surface area contributed by atoms with Crippen LogP contribution in [0, 0.1) is 6.92 Å². The van der Waals surface area contributed by atoms with Crippen LogP contribution in [0.3, 0.4) is 0 Å². The van der Waals surface area contributed by atoms with E-state index in [0.29, 0.717) is 0 Å². The molecule has 0 atom stereocenters. The Morgan fingerprint density at radius 2 is 1.85 bits per heavy atom. The molecular formula is C19H18O. The summed E-state index contributed by atoms with van der Waals surface area (Å²) >= 11 is 0. The number of carbonyl (C=O) groups is 1. The van der Waals surface area contributed by atoms with Gasteiger partial charge in [0.2, 0.25) is 0 Å². The maximum Gasteiger partial charge on any atom is 0.150 e. The molecule has 0 heterocycles. The van der Waals surface area contributed by atoms with Gasteiger partial charge in [0.15, 0.2) is 6.29 Å². The van der Waals surface area contributed by atoms with Gasteiger partial charge in [-0.3, -0.25) is 4.79 Å². The quantitative estimate of drug-likeness (QED) is 0.476. The van der Waals surface area contributed by atoms with Crippen LogP contribution >= 0.6 is 0 Å². The first-order valence-corrected chi connectivity index (χ1v) is 7.15. The van der Waals surface area contributed by atoms with Crippen molar-refractivity contribution in [2.45, 2.75) is 26.7 Å². The summed E-state index contributed by atoms with van der Waals surface area (Å²) in [6.07, 6.45) is 3.06. The fourth-order valence-corrected chi connectivity index (χ4v) is 3.09. The SMILES string of the molecule is CCCc1c2cccc(C)c2cc2cccc(C=O)c12. The summed E-state index contributed by atoms with van der Waals surface area (Å²) in [5, 5.41) is 4.88. The van der Waals surface area contributed by atoms with Crippen LogP contribution in [-0.2, 0) is 6.42 Å². The molecule has 0 N–H and O–H groups in total. The van der Waals surface area contributed by atoms with Crippen LogP contribution in [0.5, 0.6) is 0 Å². The van der Waals surface area contributed by atoms with Crippen LogP contribution in [0.1, 0.15) is 34.8 Å². The largest absolute Gasteiger partial charge is 0.298 e. The fraction of sp³-hybridized carbons (Fsp3) is 0.211. The highest BCUT2D eigenvalue weighted by Gasteiger charge is 2.11. The zero-order chi connectivity index (χ0) is 14.1. The van der Waals surface area contributed by atoms with E-state index in [2.05, 4.69) is 44.2 Å². The van der Waals surface area contributed by atoms with Crippen LogP contribution in [0.25, 0.3) is 21.5 Å². The molecule has 0 aliphatic carbocycles. The smallest absolute Gasteiger partial charge is 0.150 e. The van der Waals surface area contributed by atoms with E-state index in [0.717, 1.165) is 30.1 Å². The van der Waals surface area contributed by atoms with E-state index in [-0.39, 0.29) is 0 Å². The van der Waals surface area contributed by atoms with Gasteiger partial charge in [0.25, 0.3) is 0 Å². The van der Waals surface area contributed by atoms with E-state index >= 15 is 0 Å². The van der Waals surface area contributed by atoms with Crippen molar-refractivity contribution in [2.24, 2.45) is 0 Å². The topological polar surface area (TPSA) is 17.1 Å². The van der Waals surface area contributed by atoms with Gasteiger partial charge in [-0.1, -0.05) is 49.7 Å². The molecule has 1 heteroatoms. The Morgan fingerprint density at radius 3 is 2.60 bits per heavy atom. The fourth-order valence-electron chi connectivity index (χ4n) is 3.09. The summed E-state index contributed by atoms with van der Waals surface area (Å²) in [6.45, 7) is 4.33. The molecule has 0 aliphatic rings. The van der Waals surface area contributed by atoms with E-state index in [1.807, 2.05) is 12.1 Å². The molecule has 0 radical (unpaired) electrons. The molecule has 0 amide bonds. The molecule has 0 aromatic heterocycles. The Morgan fingerprint density at radius 1 is 1.05 bits per heavy atom. The number of aldehydes is 1. The maximum atomic E-state index is 11.4. The van der Waals surface area contributed by atoms with Gasteiger partial charge in [-0.2, -0.15) is 0 Å². The number of benzene rings is 3. The van der Waals surface area contributed by atoms with E-state index in [9.17, 15) is 4.79 Å². The third kappa shape index (κ3) is 1.90. The van der Waals surface area contributed by atoms with E-state index in [1.54, 1.807) is 0 Å². The summed E-state index contributed by atoms with van der Waals surface area (Å²) < 4.78 is 0. The van der Waals surface area contributed by atoms with Crippen molar-refractivity contribution in [3.63, 3.8) is 0 Å². The van der Waals surface area contributed by atoms with Gasteiger partial charge in [-0.25, -0.2) is 0 Å². The second kappa shape index (κ2) is 5.09. The van der Waals surface area contributed by atoms with Crippen molar-refractivity contribution in [1.82, 2.24) is 0 Å². The molecule has 0 saturated heterocycles. The zero-order valence-corrected chi connectivity index (χ0v) is 11.9. The predicted octanol–water partition coefficient (Wildman–Crippen LogP) is 5.07. The molecule has 0 spiro atoms. The number of hydrogen-bond acceptors (Lipinski definition) is 1. The van der Waals surface area contributed by atoms with Gasteiger partial charge < -0.3 is 0 Å². The van der Waals surface area contributed by atoms with Crippen LogP contribution < -0.4 is 0 Å². The molecule has 20 heavy (non-hydrogen) atoms. The zero-order valence-electron chi connectivity index (χ0n) is 11.9. The molecule has 3 aromatic rings. The Hall–Kier alpha value is -2.15. The lowest BCUT2D eigenvalue weighted by atomic mass is 9.90. The summed E-state index contributed by atoms with van der Waals surface area (Å²) in [5.74, 6) is 0. The van der Waals surface area contributed by atoms with Gasteiger partial charge in [0, 0.05) is 5.56 Å². The van der Waals surface area contributed by atoms with E-state index in [1.165, 1.54) is 27.3 Å². The minimum Gasteiger partial charge on any atom is -0.298 e. The Balaban J connectivity index is 2.55. The lowest BCUT2D eigenvalue weighted by Gasteiger charge is -2.14. The number of carbonyl (C=O) groups excluding carboxylic acids is 1. The molecule has 3 aromatic carbocycles. The van der Waals surface area contributed by atoms with E-state index in [4.69, 9.17) is 0 Å². The first-order chi connectivity index (χ1) is 9.76. The minimum absolute atomic E-state index is 0.800. The Labute approximate surface area is 119 Å². The van der Waals surface area contributed by atoms with Crippen LogP contribution in [0.15, 0.2) is 42.5 Å². The van der Waals surface area contributed by atoms with Crippen molar-refractivity contribution in [3.05, 3.63) is 59.2 Å². The van der Waals surface area contributed by atoms with Crippen LogP contribution in [-0.4, -0.2) is 6.29 Å². The highest BCUT2D eigenvalue weighted by atomic mass is 16.1. The molecule has 0 aliphatic heterocycles. The molecule has 1 nitrogen and oxygen atoms in total. The van der Waals surface area contributed by atoms with Gasteiger partial charge in [-0.15, -0.1) is 0 Å².